The molecule has 2 atom stereocenters. The molecule has 0 aliphatic carbocycles. The lowest BCUT2D eigenvalue weighted by atomic mass is 10.1. The summed E-state index contributed by atoms with van der Waals surface area (Å²) in [6.07, 6.45) is -0.141. The molecule has 0 bridgehead atoms. The third-order valence-corrected chi connectivity index (χ3v) is 4.97. The Bertz CT molecular complexity index is 517. The molecule has 0 radical (unpaired) electrons. The van der Waals surface area contributed by atoms with Crippen LogP contribution in [0, 0.1) is 5.92 Å². The van der Waals surface area contributed by atoms with Gasteiger partial charge in [0.05, 0.1) is 11.5 Å². The van der Waals surface area contributed by atoms with Crippen LogP contribution >= 0.6 is 0 Å². The smallest absolute Gasteiger partial charge is 0.326 e. The number of aliphatic carboxylic acids is 2. The number of carbonyl (C=O) groups excluding carboxylic acids is 1. The van der Waals surface area contributed by atoms with Gasteiger partial charge in [-0.1, -0.05) is 0 Å². The Morgan fingerprint density at radius 2 is 1.90 bits per heavy atom. The highest BCUT2D eigenvalue weighted by atomic mass is 32.2. The number of carbonyl (C=O) groups is 3. The van der Waals surface area contributed by atoms with Crippen LogP contribution in [0.4, 0.5) is 4.79 Å². The van der Waals surface area contributed by atoms with Gasteiger partial charge in [0.1, 0.15) is 6.04 Å². The SMILES string of the molecule is O=C(O)CCC(NC(=O)NCC1CCS(=O)(=O)C1)C(=O)O. The minimum absolute atomic E-state index is 0.00858. The summed E-state index contributed by atoms with van der Waals surface area (Å²) >= 11 is 0. The van der Waals surface area contributed by atoms with E-state index in [9.17, 15) is 22.8 Å². The molecule has 0 aromatic carbocycles. The second-order valence-corrected chi connectivity index (χ2v) is 7.18. The van der Waals surface area contributed by atoms with E-state index < -0.39 is 33.8 Å². The van der Waals surface area contributed by atoms with Crippen molar-refractivity contribution in [1.82, 2.24) is 10.6 Å². The van der Waals surface area contributed by atoms with Crippen LogP contribution in [-0.4, -0.2) is 60.7 Å². The minimum atomic E-state index is -3.03. The molecule has 1 aliphatic rings. The number of nitrogens with one attached hydrogen (secondary N) is 2. The standard InChI is InChI=1S/C11H18N2O7S/c14-9(15)2-1-8(10(16)17)13-11(18)12-5-7-3-4-21(19,20)6-7/h7-8H,1-6H2,(H,14,15)(H,16,17)(H2,12,13,18). The van der Waals surface area contributed by atoms with Crippen LogP contribution in [-0.2, 0) is 19.4 Å². The quantitative estimate of drug-likeness (QED) is 0.471. The first-order chi connectivity index (χ1) is 9.69. The largest absolute Gasteiger partial charge is 0.481 e. The average Bonchev–Trinajstić information content (AvgIpc) is 2.71. The summed E-state index contributed by atoms with van der Waals surface area (Å²) in [5, 5.41) is 21.9. The number of carboxylic acids is 2. The van der Waals surface area contributed by atoms with Gasteiger partial charge < -0.3 is 20.8 Å². The van der Waals surface area contributed by atoms with Gasteiger partial charge in [0.15, 0.2) is 9.84 Å². The summed E-state index contributed by atoms with van der Waals surface area (Å²) in [7, 11) is -3.03. The fourth-order valence-electron chi connectivity index (χ4n) is 2.00. The van der Waals surface area contributed by atoms with Crippen molar-refractivity contribution in [2.75, 3.05) is 18.1 Å². The maximum absolute atomic E-state index is 11.5. The normalized spacial score (nSPS) is 21.4. The lowest BCUT2D eigenvalue weighted by Crippen LogP contribution is -2.47. The van der Waals surface area contributed by atoms with Crippen molar-refractivity contribution >= 4 is 27.8 Å². The molecule has 1 heterocycles. The highest BCUT2D eigenvalue weighted by Crippen LogP contribution is 2.17. The van der Waals surface area contributed by atoms with Crippen molar-refractivity contribution in [1.29, 1.82) is 0 Å². The molecule has 2 unspecified atom stereocenters. The van der Waals surface area contributed by atoms with E-state index in [4.69, 9.17) is 10.2 Å². The molecule has 2 amide bonds. The van der Waals surface area contributed by atoms with Crippen LogP contribution in [0.3, 0.4) is 0 Å². The first-order valence-electron chi connectivity index (χ1n) is 6.39. The number of amides is 2. The zero-order valence-corrected chi connectivity index (χ0v) is 12.1. The van der Waals surface area contributed by atoms with Crippen LogP contribution in [0.5, 0.6) is 0 Å². The molecule has 0 spiro atoms. The van der Waals surface area contributed by atoms with E-state index in [1.807, 2.05) is 0 Å². The number of rotatable bonds is 7. The Morgan fingerprint density at radius 3 is 2.38 bits per heavy atom. The maximum Gasteiger partial charge on any atom is 0.326 e. The lowest BCUT2D eigenvalue weighted by molar-refractivity contribution is -0.140. The molecular weight excluding hydrogens is 304 g/mol. The fraction of sp³-hybridized carbons (Fsp3) is 0.727. The summed E-state index contributed by atoms with van der Waals surface area (Å²) in [6.45, 7) is 0.135. The molecule has 120 valence electrons. The molecule has 0 aromatic heterocycles. The Morgan fingerprint density at radius 1 is 1.24 bits per heavy atom. The van der Waals surface area contributed by atoms with Crippen LogP contribution in [0.15, 0.2) is 0 Å². The molecule has 1 fully saturated rings. The maximum atomic E-state index is 11.5. The molecule has 1 rings (SSSR count). The van der Waals surface area contributed by atoms with Crippen LogP contribution < -0.4 is 10.6 Å². The third-order valence-electron chi connectivity index (χ3n) is 3.13. The molecule has 1 saturated heterocycles. The lowest BCUT2D eigenvalue weighted by Gasteiger charge is -2.15. The van der Waals surface area contributed by atoms with E-state index in [1.54, 1.807) is 0 Å². The van der Waals surface area contributed by atoms with Crippen molar-refractivity contribution in [3.63, 3.8) is 0 Å². The highest BCUT2D eigenvalue weighted by molar-refractivity contribution is 7.91. The predicted octanol–water partition coefficient (Wildman–Crippen LogP) is -0.962. The second kappa shape index (κ2) is 7.25. The van der Waals surface area contributed by atoms with Gasteiger partial charge in [-0.25, -0.2) is 18.0 Å². The van der Waals surface area contributed by atoms with E-state index in [0.29, 0.717) is 6.42 Å². The van der Waals surface area contributed by atoms with Crippen LogP contribution in [0.2, 0.25) is 0 Å². The van der Waals surface area contributed by atoms with Gasteiger partial charge in [-0.3, -0.25) is 4.79 Å². The van der Waals surface area contributed by atoms with E-state index in [-0.39, 0.29) is 36.8 Å². The van der Waals surface area contributed by atoms with E-state index in [2.05, 4.69) is 10.6 Å². The fourth-order valence-corrected chi connectivity index (χ4v) is 3.87. The molecule has 0 saturated carbocycles. The molecule has 4 N–H and O–H groups in total. The summed E-state index contributed by atoms with van der Waals surface area (Å²) in [5.74, 6) is -2.55. The molecule has 10 heteroatoms. The summed E-state index contributed by atoms with van der Waals surface area (Å²) < 4.78 is 22.5. The summed E-state index contributed by atoms with van der Waals surface area (Å²) in [4.78, 5) is 32.8. The van der Waals surface area contributed by atoms with Crippen molar-refractivity contribution in [3.8, 4) is 0 Å². The van der Waals surface area contributed by atoms with E-state index in [1.165, 1.54) is 0 Å². The highest BCUT2D eigenvalue weighted by Gasteiger charge is 2.28. The third kappa shape index (κ3) is 6.43. The number of sulfone groups is 1. The number of carboxylic acid groups (broad SMARTS) is 2. The monoisotopic (exact) mass is 322 g/mol. The van der Waals surface area contributed by atoms with Gasteiger partial charge in [-0.15, -0.1) is 0 Å². The van der Waals surface area contributed by atoms with Gasteiger partial charge >= 0.3 is 18.0 Å². The van der Waals surface area contributed by atoms with E-state index >= 15 is 0 Å². The van der Waals surface area contributed by atoms with Gasteiger partial charge in [-0.05, 0) is 18.8 Å². The number of hydrogen-bond acceptors (Lipinski definition) is 5. The average molecular weight is 322 g/mol. The van der Waals surface area contributed by atoms with E-state index in [0.717, 1.165) is 0 Å². The Balaban J connectivity index is 2.37. The Kier molecular flexibility index (Phi) is 5.94. The first kappa shape index (κ1) is 17.2. The number of hydrogen-bond donors (Lipinski definition) is 4. The molecule has 9 nitrogen and oxygen atoms in total. The summed E-state index contributed by atoms with van der Waals surface area (Å²) in [6, 6.07) is -2.05. The second-order valence-electron chi connectivity index (χ2n) is 4.95. The van der Waals surface area contributed by atoms with Gasteiger partial charge in [-0.2, -0.15) is 0 Å². The van der Waals surface area contributed by atoms with Crippen molar-refractivity contribution in [3.05, 3.63) is 0 Å². The zero-order chi connectivity index (χ0) is 16.0. The van der Waals surface area contributed by atoms with Crippen molar-refractivity contribution in [2.45, 2.75) is 25.3 Å². The van der Waals surface area contributed by atoms with Gasteiger partial charge in [0, 0.05) is 13.0 Å². The van der Waals surface area contributed by atoms with Crippen molar-refractivity contribution in [2.24, 2.45) is 5.92 Å². The molecule has 0 aromatic rings. The zero-order valence-electron chi connectivity index (χ0n) is 11.2. The summed E-state index contributed by atoms with van der Waals surface area (Å²) in [5.41, 5.74) is 0. The topological polar surface area (TPSA) is 150 Å². The Labute approximate surface area is 121 Å². The van der Waals surface area contributed by atoms with Crippen LogP contribution in [0.1, 0.15) is 19.3 Å². The first-order valence-corrected chi connectivity index (χ1v) is 8.21. The molecule has 1 aliphatic heterocycles. The Hall–Kier alpha value is -1.84. The number of urea groups is 1. The van der Waals surface area contributed by atoms with Crippen LogP contribution in [0.25, 0.3) is 0 Å². The molecule has 21 heavy (non-hydrogen) atoms. The minimum Gasteiger partial charge on any atom is -0.481 e. The molecular formula is C11H18N2O7S. The predicted molar refractivity (Wildman–Crippen MR) is 71.6 cm³/mol. The van der Waals surface area contributed by atoms with Crippen molar-refractivity contribution < 1.29 is 33.0 Å². The van der Waals surface area contributed by atoms with Gasteiger partial charge in [0.25, 0.3) is 0 Å². The van der Waals surface area contributed by atoms with Gasteiger partial charge in [0.2, 0.25) is 0 Å².